The summed E-state index contributed by atoms with van der Waals surface area (Å²) in [6, 6.07) is 17.5. The summed E-state index contributed by atoms with van der Waals surface area (Å²) in [6.07, 6.45) is 0. The molecule has 26 heavy (non-hydrogen) atoms. The fraction of sp³-hybridized carbons (Fsp3) is 0.250. The van der Waals surface area contributed by atoms with Gasteiger partial charge in [0.2, 0.25) is 0 Å². The Kier molecular flexibility index (Phi) is 6.01. The maximum absolute atomic E-state index is 12.8. The Balaban J connectivity index is 1.82. The first-order valence-corrected chi connectivity index (χ1v) is 8.68. The monoisotopic (exact) mass is 352 g/mol. The molecule has 136 valence electrons. The molecule has 1 heterocycles. The van der Waals surface area contributed by atoms with Gasteiger partial charge in [0.25, 0.3) is 5.91 Å². The highest BCUT2D eigenvalue weighted by atomic mass is 16.5. The van der Waals surface area contributed by atoms with Gasteiger partial charge in [-0.15, -0.1) is 0 Å². The number of aromatic nitrogens is 1. The van der Waals surface area contributed by atoms with Crippen molar-refractivity contribution in [3.05, 3.63) is 60.3 Å². The molecule has 6 N–H and O–H groups in total. The number of carbonyl (C=O) groups is 1. The van der Waals surface area contributed by atoms with Gasteiger partial charge in [0.05, 0.1) is 13.2 Å². The van der Waals surface area contributed by atoms with E-state index >= 15 is 0 Å². The molecule has 2 aromatic carbocycles. The first kappa shape index (κ1) is 18.1. The number of amides is 1. The minimum Gasteiger partial charge on any atom is -0.378 e. The van der Waals surface area contributed by atoms with Gasteiger partial charge < -0.3 is 26.5 Å². The van der Waals surface area contributed by atoms with Crippen LogP contribution in [-0.4, -0.2) is 43.2 Å². The molecule has 0 saturated carbocycles. The Morgan fingerprint density at radius 1 is 1.12 bits per heavy atom. The maximum atomic E-state index is 12.8. The zero-order valence-corrected chi connectivity index (χ0v) is 14.6. The second kappa shape index (κ2) is 8.62. The zero-order valence-electron chi connectivity index (χ0n) is 14.6. The van der Waals surface area contributed by atoms with Gasteiger partial charge >= 0.3 is 0 Å². The quantitative estimate of drug-likeness (QED) is 0.464. The van der Waals surface area contributed by atoms with Gasteiger partial charge in [-0.05, 0) is 11.6 Å². The van der Waals surface area contributed by atoms with Crippen LogP contribution < -0.4 is 16.8 Å². The summed E-state index contributed by atoms with van der Waals surface area (Å²) >= 11 is 0. The van der Waals surface area contributed by atoms with E-state index in [-0.39, 0.29) is 11.9 Å². The van der Waals surface area contributed by atoms with E-state index in [0.29, 0.717) is 32.0 Å². The summed E-state index contributed by atoms with van der Waals surface area (Å²) in [7, 11) is 0. The number of benzene rings is 2. The minimum absolute atomic E-state index is 0.186. The lowest BCUT2D eigenvalue weighted by atomic mass is 10.0. The van der Waals surface area contributed by atoms with E-state index in [1.54, 1.807) is 0 Å². The van der Waals surface area contributed by atoms with Crippen LogP contribution >= 0.6 is 0 Å². The Hall–Kier alpha value is -2.67. The number of hydrogen-bond acceptors (Lipinski definition) is 4. The molecule has 6 heteroatoms. The van der Waals surface area contributed by atoms with Gasteiger partial charge in [-0.2, -0.15) is 0 Å². The summed E-state index contributed by atoms with van der Waals surface area (Å²) in [5.74, 6) is -0.186. The van der Waals surface area contributed by atoms with E-state index < -0.39 is 0 Å². The third kappa shape index (κ3) is 4.11. The number of fused-ring (bicyclic) bond motifs is 1. The second-order valence-electron chi connectivity index (χ2n) is 6.12. The summed E-state index contributed by atoms with van der Waals surface area (Å²) in [5.41, 5.74) is 14.7. The molecule has 3 rings (SSSR count). The van der Waals surface area contributed by atoms with Crippen molar-refractivity contribution >= 4 is 16.8 Å². The molecule has 0 aliphatic carbocycles. The molecule has 0 aliphatic rings. The van der Waals surface area contributed by atoms with E-state index in [4.69, 9.17) is 16.2 Å². The van der Waals surface area contributed by atoms with E-state index in [1.807, 2.05) is 54.6 Å². The van der Waals surface area contributed by atoms with Gasteiger partial charge in [-0.1, -0.05) is 48.5 Å². The van der Waals surface area contributed by atoms with Crippen molar-refractivity contribution in [2.75, 3.05) is 26.3 Å². The van der Waals surface area contributed by atoms with Crippen molar-refractivity contribution in [1.82, 2.24) is 10.3 Å². The van der Waals surface area contributed by atoms with Gasteiger partial charge in [0.1, 0.15) is 5.69 Å². The predicted octanol–water partition coefficient (Wildman–Crippen LogP) is 1.87. The summed E-state index contributed by atoms with van der Waals surface area (Å²) in [4.78, 5) is 16.0. The summed E-state index contributed by atoms with van der Waals surface area (Å²) in [5, 5.41) is 3.90. The van der Waals surface area contributed by atoms with Crippen molar-refractivity contribution < 1.29 is 9.53 Å². The molecule has 1 unspecified atom stereocenters. The molecule has 0 fully saturated rings. The molecule has 0 radical (unpaired) electrons. The Bertz CT molecular complexity index is 861. The van der Waals surface area contributed by atoms with Gasteiger partial charge in [-0.3, -0.25) is 4.79 Å². The Morgan fingerprint density at radius 2 is 1.85 bits per heavy atom. The molecular weight excluding hydrogens is 328 g/mol. The van der Waals surface area contributed by atoms with Crippen LogP contribution in [0.25, 0.3) is 22.0 Å². The smallest absolute Gasteiger partial charge is 0.268 e. The molecule has 0 aliphatic heterocycles. The highest BCUT2D eigenvalue weighted by Gasteiger charge is 2.19. The number of nitrogens with one attached hydrogen (secondary N) is 2. The lowest BCUT2D eigenvalue weighted by Crippen LogP contribution is -2.40. The topological polar surface area (TPSA) is 106 Å². The molecule has 0 saturated heterocycles. The first-order chi connectivity index (χ1) is 12.7. The molecule has 0 bridgehead atoms. The highest BCUT2D eigenvalue weighted by Crippen LogP contribution is 2.32. The van der Waals surface area contributed by atoms with Gasteiger partial charge in [0, 0.05) is 35.6 Å². The van der Waals surface area contributed by atoms with E-state index in [0.717, 1.165) is 22.0 Å². The van der Waals surface area contributed by atoms with Crippen molar-refractivity contribution in [1.29, 1.82) is 0 Å². The lowest BCUT2D eigenvalue weighted by Gasteiger charge is -2.13. The molecule has 0 spiro atoms. The van der Waals surface area contributed by atoms with Crippen LogP contribution in [0.4, 0.5) is 0 Å². The fourth-order valence-corrected chi connectivity index (χ4v) is 2.91. The largest absolute Gasteiger partial charge is 0.378 e. The van der Waals surface area contributed by atoms with Crippen molar-refractivity contribution in [3.8, 4) is 11.1 Å². The number of aromatic amines is 1. The minimum atomic E-state index is -0.282. The molecule has 1 atom stereocenters. The van der Waals surface area contributed by atoms with Gasteiger partial charge in [0.15, 0.2) is 0 Å². The molecule has 1 aromatic heterocycles. The number of para-hydroxylation sites is 1. The summed E-state index contributed by atoms with van der Waals surface area (Å²) in [6.45, 7) is 1.60. The Morgan fingerprint density at radius 3 is 2.62 bits per heavy atom. The third-order valence-corrected chi connectivity index (χ3v) is 4.11. The lowest BCUT2D eigenvalue weighted by molar-refractivity contribution is 0.0929. The number of ether oxygens (including phenoxy) is 1. The van der Waals surface area contributed by atoms with Crippen LogP contribution in [0, 0.1) is 0 Å². The maximum Gasteiger partial charge on any atom is 0.268 e. The number of nitrogens with two attached hydrogens (primary N) is 2. The van der Waals surface area contributed by atoms with E-state index in [9.17, 15) is 4.79 Å². The van der Waals surface area contributed by atoms with Crippen LogP contribution in [-0.2, 0) is 4.74 Å². The second-order valence-corrected chi connectivity index (χ2v) is 6.12. The average Bonchev–Trinajstić information content (AvgIpc) is 3.06. The van der Waals surface area contributed by atoms with Crippen LogP contribution in [0.2, 0.25) is 0 Å². The fourth-order valence-electron chi connectivity index (χ4n) is 2.91. The van der Waals surface area contributed by atoms with Gasteiger partial charge in [-0.25, -0.2) is 0 Å². The average molecular weight is 352 g/mol. The SMILES string of the molecule is NCCOCC(N)CNC(=O)c1[nH]c2ccccc2c1-c1ccccc1. The standard InChI is InChI=1S/C20H24N4O2/c21-10-11-26-13-15(22)12-23-20(25)19-18(14-6-2-1-3-7-14)16-8-4-5-9-17(16)24-19/h1-9,15,24H,10-13,21-22H2,(H,23,25). The number of carbonyl (C=O) groups excluding carboxylic acids is 1. The Labute approximate surface area is 152 Å². The van der Waals surface area contributed by atoms with Crippen LogP contribution in [0.5, 0.6) is 0 Å². The van der Waals surface area contributed by atoms with Crippen LogP contribution in [0.3, 0.4) is 0 Å². The molecule has 1 amide bonds. The molecular formula is C20H24N4O2. The number of H-pyrrole nitrogens is 1. The molecule has 3 aromatic rings. The summed E-state index contributed by atoms with van der Waals surface area (Å²) < 4.78 is 5.31. The van der Waals surface area contributed by atoms with Crippen molar-refractivity contribution in [3.63, 3.8) is 0 Å². The van der Waals surface area contributed by atoms with E-state index in [2.05, 4.69) is 10.3 Å². The van der Waals surface area contributed by atoms with E-state index in [1.165, 1.54) is 0 Å². The third-order valence-electron chi connectivity index (χ3n) is 4.11. The van der Waals surface area contributed by atoms with Crippen molar-refractivity contribution in [2.45, 2.75) is 6.04 Å². The number of rotatable bonds is 8. The normalized spacial score (nSPS) is 12.2. The first-order valence-electron chi connectivity index (χ1n) is 8.68. The predicted molar refractivity (Wildman–Crippen MR) is 104 cm³/mol. The van der Waals surface area contributed by atoms with Crippen LogP contribution in [0.15, 0.2) is 54.6 Å². The molecule has 6 nitrogen and oxygen atoms in total. The zero-order chi connectivity index (χ0) is 18.4. The van der Waals surface area contributed by atoms with Crippen LogP contribution in [0.1, 0.15) is 10.5 Å². The van der Waals surface area contributed by atoms with Crippen molar-refractivity contribution in [2.24, 2.45) is 11.5 Å². The number of hydrogen-bond donors (Lipinski definition) is 4. The highest BCUT2D eigenvalue weighted by molar-refractivity contribution is 6.09.